The molecule has 0 atom stereocenters. The Labute approximate surface area is 135 Å². The van der Waals surface area contributed by atoms with E-state index in [4.69, 9.17) is 4.74 Å². The minimum atomic E-state index is -0.205. The van der Waals surface area contributed by atoms with Crippen LogP contribution in [0, 0.1) is 0 Å². The number of nitrogens with zero attached hydrogens (tertiary/aromatic N) is 3. The first-order valence-corrected chi connectivity index (χ1v) is 8.23. The molecule has 0 amide bonds. The Morgan fingerprint density at radius 1 is 1.24 bits per heavy atom. The second-order valence-electron chi connectivity index (χ2n) is 6.76. The molecule has 0 unspecified atom stereocenters. The lowest BCUT2D eigenvalue weighted by atomic mass is 9.99. The molecule has 2 rings (SSSR count). The first-order chi connectivity index (χ1) is 9.74. The van der Waals surface area contributed by atoms with Gasteiger partial charge in [-0.2, -0.15) is 0 Å². The highest BCUT2D eigenvalue weighted by Gasteiger charge is 2.39. The summed E-state index contributed by atoms with van der Waals surface area (Å²) < 4.78 is 7.05. The molecule has 0 saturated carbocycles. The molecule has 1 N–H and O–H groups in total. The van der Waals surface area contributed by atoms with Crippen LogP contribution in [-0.4, -0.2) is 40.8 Å². The zero-order valence-corrected chi connectivity index (χ0v) is 15.1. The smallest absolute Gasteiger partial charge is 0.148 e. The van der Waals surface area contributed by atoms with Gasteiger partial charge in [-0.3, -0.25) is 0 Å². The topological polar surface area (TPSA) is 50.3 Å². The number of morpholine rings is 1. The Hall–Kier alpha value is -0.880. The molecule has 2 heterocycles. The van der Waals surface area contributed by atoms with Crippen LogP contribution in [0.3, 0.4) is 0 Å². The highest BCUT2D eigenvalue weighted by molar-refractivity contribution is 9.10. The summed E-state index contributed by atoms with van der Waals surface area (Å²) in [5.74, 6) is 1.78. The summed E-state index contributed by atoms with van der Waals surface area (Å²) in [6, 6.07) is 0. The lowest BCUT2D eigenvalue weighted by Gasteiger charge is -2.47. The standard InChI is InChI=1S/C15H25BrN4O/c1-6-7-17-12-11(16)13(19-10-18-12)20-8-14(2,3)21-15(4,5)9-20/h10H,6-9H2,1-5H3,(H,17,18,19). The van der Waals surface area contributed by atoms with E-state index in [2.05, 4.69) is 70.7 Å². The van der Waals surface area contributed by atoms with Gasteiger partial charge < -0.3 is 15.0 Å². The van der Waals surface area contributed by atoms with Crippen molar-refractivity contribution in [3.63, 3.8) is 0 Å². The molecule has 118 valence electrons. The molecule has 1 aromatic rings. The summed E-state index contributed by atoms with van der Waals surface area (Å²) in [6.07, 6.45) is 2.68. The van der Waals surface area contributed by atoms with Gasteiger partial charge in [0.1, 0.15) is 22.4 Å². The van der Waals surface area contributed by atoms with Gasteiger partial charge in [-0.25, -0.2) is 9.97 Å². The minimum absolute atomic E-state index is 0.205. The van der Waals surface area contributed by atoms with Gasteiger partial charge in [-0.1, -0.05) is 6.92 Å². The van der Waals surface area contributed by atoms with Crippen molar-refractivity contribution < 1.29 is 4.74 Å². The molecular formula is C15H25BrN4O. The Morgan fingerprint density at radius 2 is 1.86 bits per heavy atom. The van der Waals surface area contributed by atoms with Gasteiger partial charge >= 0.3 is 0 Å². The number of ether oxygens (including phenoxy) is 1. The third kappa shape index (κ3) is 4.07. The molecule has 0 bridgehead atoms. The SMILES string of the molecule is CCCNc1ncnc(N2CC(C)(C)OC(C)(C)C2)c1Br. The summed E-state index contributed by atoms with van der Waals surface area (Å²) in [4.78, 5) is 11.1. The molecular weight excluding hydrogens is 332 g/mol. The van der Waals surface area contributed by atoms with E-state index in [1.807, 2.05) is 0 Å². The maximum absolute atomic E-state index is 6.13. The predicted molar refractivity (Wildman–Crippen MR) is 90.0 cm³/mol. The zero-order valence-electron chi connectivity index (χ0n) is 13.5. The summed E-state index contributed by atoms with van der Waals surface area (Å²) in [5.41, 5.74) is -0.410. The van der Waals surface area contributed by atoms with E-state index in [0.717, 1.165) is 42.2 Å². The average molecular weight is 357 g/mol. The maximum atomic E-state index is 6.13. The van der Waals surface area contributed by atoms with Gasteiger partial charge in [0.05, 0.1) is 11.2 Å². The fraction of sp³-hybridized carbons (Fsp3) is 0.733. The van der Waals surface area contributed by atoms with E-state index >= 15 is 0 Å². The number of halogens is 1. The van der Waals surface area contributed by atoms with Gasteiger partial charge in [0.15, 0.2) is 0 Å². The van der Waals surface area contributed by atoms with E-state index in [-0.39, 0.29) is 11.2 Å². The highest BCUT2D eigenvalue weighted by atomic mass is 79.9. The molecule has 21 heavy (non-hydrogen) atoms. The Morgan fingerprint density at radius 3 is 2.43 bits per heavy atom. The molecule has 1 fully saturated rings. The highest BCUT2D eigenvalue weighted by Crippen LogP contribution is 2.35. The van der Waals surface area contributed by atoms with Crippen LogP contribution in [0.2, 0.25) is 0 Å². The van der Waals surface area contributed by atoms with Crippen LogP contribution in [0.15, 0.2) is 10.8 Å². The van der Waals surface area contributed by atoms with E-state index in [0.29, 0.717) is 0 Å². The summed E-state index contributed by atoms with van der Waals surface area (Å²) in [6.45, 7) is 13.1. The first-order valence-electron chi connectivity index (χ1n) is 7.43. The monoisotopic (exact) mass is 356 g/mol. The third-order valence-electron chi connectivity index (χ3n) is 3.31. The number of aromatic nitrogens is 2. The van der Waals surface area contributed by atoms with Crippen molar-refractivity contribution in [2.45, 2.75) is 52.2 Å². The van der Waals surface area contributed by atoms with Crippen molar-refractivity contribution in [3.05, 3.63) is 10.8 Å². The number of anilines is 2. The van der Waals surface area contributed by atoms with Crippen molar-refractivity contribution in [2.75, 3.05) is 29.9 Å². The summed E-state index contributed by atoms with van der Waals surface area (Å²) in [7, 11) is 0. The third-order valence-corrected chi connectivity index (χ3v) is 4.04. The average Bonchev–Trinajstić information content (AvgIpc) is 2.33. The van der Waals surface area contributed by atoms with E-state index in [1.54, 1.807) is 6.33 Å². The van der Waals surface area contributed by atoms with Gasteiger partial charge in [0.2, 0.25) is 0 Å². The van der Waals surface area contributed by atoms with E-state index in [1.165, 1.54) is 0 Å². The fourth-order valence-corrected chi connectivity index (χ4v) is 3.48. The molecule has 0 spiro atoms. The second-order valence-corrected chi connectivity index (χ2v) is 7.56. The van der Waals surface area contributed by atoms with E-state index < -0.39 is 0 Å². The Kier molecular flexibility index (Phi) is 4.78. The Balaban J connectivity index is 2.28. The largest absolute Gasteiger partial charge is 0.369 e. The van der Waals surface area contributed by atoms with Crippen LogP contribution >= 0.6 is 15.9 Å². The summed E-state index contributed by atoms with van der Waals surface area (Å²) >= 11 is 3.65. The molecule has 1 aliphatic heterocycles. The van der Waals surface area contributed by atoms with Gasteiger partial charge in [0.25, 0.3) is 0 Å². The van der Waals surface area contributed by atoms with Gasteiger partial charge in [-0.05, 0) is 50.0 Å². The van der Waals surface area contributed by atoms with Crippen LogP contribution in [-0.2, 0) is 4.74 Å². The number of rotatable bonds is 4. The van der Waals surface area contributed by atoms with Crippen LogP contribution in [0.25, 0.3) is 0 Å². The van der Waals surface area contributed by atoms with Crippen LogP contribution in [0.1, 0.15) is 41.0 Å². The lowest BCUT2D eigenvalue weighted by molar-refractivity contribution is -0.133. The lowest BCUT2D eigenvalue weighted by Crippen LogP contribution is -2.57. The van der Waals surface area contributed by atoms with Gasteiger partial charge in [0, 0.05) is 19.6 Å². The van der Waals surface area contributed by atoms with Gasteiger partial charge in [-0.15, -0.1) is 0 Å². The Bertz CT molecular complexity index is 488. The molecule has 1 aromatic heterocycles. The van der Waals surface area contributed by atoms with E-state index in [9.17, 15) is 0 Å². The van der Waals surface area contributed by atoms with Crippen molar-refractivity contribution in [2.24, 2.45) is 0 Å². The number of hydrogen-bond acceptors (Lipinski definition) is 5. The first kappa shape index (κ1) is 16.5. The quantitative estimate of drug-likeness (QED) is 0.895. The normalized spacial score (nSPS) is 20.4. The fourth-order valence-electron chi connectivity index (χ4n) is 2.89. The van der Waals surface area contributed by atoms with Crippen molar-refractivity contribution in [3.8, 4) is 0 Å². The van der Waals surface area contributed by atoms with Crippen molar-refractivity contribution >= 4 is 27.6 Å². The second kappa shape index (κ2) is 6.08. The van der Waals surface area contributed by atoms with Crippen LogP contribution in [0.5, 0.6) is 0 Å². The number of hydrogen-bond donors (Lipinski definition) is 1. The summed E-state index contributed by atoms with van der Waals surface area (Å²) in [5, 5.41) is 3.33. The van der Waals surface area contributed by atoms with Crippen molar-refractivity contribution in [1.82, 2.24) is 9.97 Å². The minimum Gasteiger partial charge on any atom is -0.369 e. The molecule has 0 aliphatic carbocycles. The molecule has 0 aromatic carbocycles. The number of nitrogens with one attached hydrogen (secondary N) is 1. The van der Waals surface area contributed by atoms with Crippen molar-refractivity contribution in [1.29, 1.82) is 0 Å². The molecule has 1 aliphatic rings. The molecule has 6 heteroatoms. The molecule has 0 radical (unpaired) electrons. The van der Waals surface area contributed by atoms with Crippen LogP contribution < -0.4 is 10.2 Å². The molecule has 1 saturated heterocycles. The zero-order chi connectivity index (χ0) is 15.7. The maximum Gasteiger partial charge on any atom is 0.148 e. The predicted octanol–water partition coefficient (Wildman–Crippen LogP) is 3.45. The molecule has 5 nitrogen and oxygen atoms in total. The van der Waals surface area contributed by atoms with Crippen LogP contribution in [0.4, 0.5) is 11.6 Å².